The predicted molar refractivity (Wildman–Crippen MR) is 83.0 cm³/mol. The topological polar surface area (TPSA) is 29.5 Å². The largest absolute Gasteiger partial charge is 0.485 e. The van der Waals surface area contributed by atoms with Gasteiger partial charge in [-0.05, 0) is 55.2 Å². The Kier molecular flexibility index (Phi) is 4.92. The first-order chi connectivity index (χ1) is 9.83. The lowest BCUT2D eigenvalue weighted by Gasteiger charge is -2.41. The molecule has 118 valence electrons. The quantitative estimate of drug-likeness (QED) is 0.887. The zero-order valence-electron chi connectivity index (χ0n) is 13.5. The van der Waals surface area contributed by atoms with E-state index in [0.717, 1.165) is 31.2 Å². The van der Waals surface area contributed by atoms with Crippen molar-refractivity contribution in [1.29, 1.82) is 0 Å². The summed E-state index contributed by atoms with van der Waals surface area (Å²) in [4.78, 5) is 0. The summed E-state index contributed by atoms with van der Waals surface area (Å²) in [5.74, 6) is 0.405. The lowest BCUT2D eigenvalue weighted by molar-refractivity contribution is -0.0347. The molecule has 1 N–H and O–H groups in total. The number of aliphatic hydroxyl groups is 1. The number of benzene rings is 1. The van der Waals surface area contributed by atoms with E-state index in [2.05, 4.69) is 20.8 Å². The molecule has 0 bridgehead atoms. The Morgan fingerprint density at radius 2 is 2.05 bits per heavy atom. The summed E-state index contributed by atoms with van der Waals surface area (Å²) in [6, 6.07) is 4.85. The van der Waals surface area contributed by atoms with E-state index in [1.54, 1.807) is 12.1 Å². The molecular weight excluding hydrogens is 267 g/mol. The molecule has 3 atom stereocenters. The molecule has 21 heavy (non-hydrogen) atoms. The smallest absolute Gasteiger partial charge is 0.165 e. The molecule has 0 heterocycles. The third-order valence-electron chi connectivity index (χ3n) is 5.14. The van der Waals surface area contributed by atoms with Gasteiger partial charge in [-0.2, -0.15) is 0 Å². The molecule has 0 radical (unpaired) electrons. The molecule has 2 rings (SSSR count). The highest BCUT2D eigenvalue weighted by Gasteiger charge is 2.37. The molecular formula is C18H27FO2. The molecule has 1 fully saturated rings. The van der Waals surface area contributed by atoms with E-state index in [0.29, 0.717) is 5.92 Å². The Bertz CT molecular complexity index is 484. The lowest BCUT2D eigenvalue weighted by Crippen LogP contribution is -2.42. The maximum absolute atomic E-state index is 13.8. The highest BCUT2D eigenvalue weighted by Crippen LogP contribution is 2.41. The number of rotatable bonds is 4. The van der Waals surface area contributed by atoms with Gasteiger partial charge in [0.15, 0.2) is 11.6 Å². The van der Waals surface area contributed by atoms with Crippen molar-refractivity contribution in [3.8, 4) is 5.75 Å². The molecule has 0 spiro atoms. The van der Waals surface area contributed by atoms with E-state index < -0.39 is 6.10 Å². The van der Waals surface area contributed by atoms with Crippen LogP contribution in [0.25, 0.3) is 0 Å². The van der Waals surface area contributed by atoms with Crippen LogP contribution >= 0.6 is 0 Å². The molecule has 0 saturated heterocycles. The van der Waals surface area contributed by atoms with E-state index in [4.69, 9.17) is 4.74 Å². The van der Waals surface area contributed by atoms with Crippen LogP contribution in [0.4, 0.5) is 4.39 Å². The molecule has 0 aliphatic heterocycles. The van der Waals surface area contributed by atoms with Crippen LogP contribution in [0.3, 0.4) is 0 Å². The number of ether oxygens (including phenoxy) is 1. The molecule has 0 amide bonds. The standard InChI is InChI=1S/C18H27FO2/c1-5-18(3,4)13-7-9-15(20)17(11-13)21-16-10-12(2)6-8-14(16)19/h6,8,10,13,15,17,20H,5,7,9,11H2,1-4H3. The first-order valence-electron chi connectivity index (χ1n) is 7.94. The van der Waals surface area contributed by atoms with Gasteiger partial charge >= 0.3 is 0 Å². The van der Waals surface area contributed by atoms with Gasteiger partial charge in [-0.3, -0.25) is 0 Å². The van der Waals surface area contributed by atoms with Crippen molar-refractivity contribution < 1.29 is 14.2 Å². The van der Waals surface area contributed by atoms with Crippen molar-refractivity contribution in [3.05, 3.63) is 29.6 Å². The van der Waals surface area contributed by atoms with Crippen LogP contribution < -0.4 is 4.74 Å². The summed E-state index contributed by atoms with van der Waals surface area (Å²) in [6.07, 6.45) is 2.80. The predicted octanol–water partition coefficient (Wildman–Crippen LogP) is 4.48. The van der Waals surface area contributed by atoms with Crippen LogP contribution in [-0.4, -0.2) is 17.3 Å². The monoisotopic (exact) mass is 294 g/mol. The second-order valence-electron chi connectivity index (χ2n) is 7.01. The Labute approximate surface area is 127 Å². The summed E-state index contributed by atoms with van der Waals surface area (Å²) >= 11 is 0. The number of hydrogen-bond acceptors (Lipinski definition) is 2. The van der Waals surface area contributed by atoms with Gasteiger partial charge in [0, 0.05) is 0 Å². The van der Waals surface area contributed by atoms with Gasteiger partial charge in [0.25, 0.3) is 0 Å². The van der Waals surface area contributed by atoms with Crippen molar-refractivity contribution in [3.63, 3.8) is 0 Å². The molecule has 1 aliphatic carbocycles. The second kappa shape index (κ2) is 6.35. The molecule has 0 aromatic heterocycles. The average molecular weight is 294 g/mol. The minimum atomic E-state index is -0.506. The second-order valence-corrected chi connectivity index (χ2v) is 7.01. The Morgan fingerprint density at radius 1 is 1.33 bits per heavy atom. The fourth-order valence-corrected chi connectivity index (χ4v) is 3.10. The fraction of sp³-hybridized carbons (Fsp3) is 0.667. The first kappa shape index (κ1) is 16.3. The Morgan fingerprint density at radius 3 is 2.71 bits per heavy atom. The zero-order valence-corrected chi connectivity index (χ0v) is 13.5. The van der Waals surface area contributed by atoms with Gasteiger partial charge in [-0.1, -0.05) is 33.3 Å². The van der Waals surface area contributed by atoms with Crippen LogP contribution in [0.2, 0.25) is 0 Å². The van der Waals surface area contributed by atoms with Crippen molar-refractivity contribution in [2.75, 3.05) is 0 Å². The summed E-state index contributed by atoms with van der Waals surface area (Å²) in [5.41, 5.74) is 1.19. The van der Waals surface area contributed by atoms with Crippen LogP contribution in [-0.2, 0) is 0 Å². The zero-order chi connectivity index (χ0) is 15.6. The van der Waals surface area contributed by atoms with E-state index in [-0.39, 0.29) is 23.1 Å². The van der Waals surface area contributed by atoms with Crippen LogP contribution in [0.5, 0.6) is 5.75 Å². The normalized spacial score (nSPS) is 26.7. The maximum Gasteiger partial charge on any atom is 0.165 e. The third-order valence-corrected chi connectivity index (χ3v) is 5.14. The SMILES string of the molecule is CCC(C)(C)C1CCC(O)C(Oc2cc(C)ccc2F)C1. The molecule has 1 aromatic carbocycles. The van der Waals surface area contributed by atoms with Crippen LogP contribution in [0.1, 0.15) is 52.0 Å². The fourth-order valence-electron chi connectivity index (χ4n) is 3.10. The molecule has 3 unspecified atom stereocenters. The average Bonchev–Trinajstić information content (AvgIpc) is 2.45. The van der Waals surface area contributed by atoms with E-state index in [1.165, 1.54) is 6.07 Å². The minimum Gasteiger partial charge on any atom is -0.485 e. The number of aryl methyl sites for hydroxylation is 1. The van der Waals surface area contributed by atoms with E-state index in [9.17, 15) is 9.50 Å². The van der Waals surface area contributed by atoms with E-state index in [1.807, 2.05) is 6.92 Å². The van der Waals surface area contributed by atoms with Gasteiger partial charge in [0.2, 0.25) is 0 Å². The van der Waals surface area contributed by atoms with Gasteiger partial charge in [-0.25, -0.2) is 4.39 Å². The first-order valence-corrected chi connectivity index (χ1v) is 7.94. The highest BCUT2D eigenvalue weighted by molar-refractivity contribution is 5.29. The van der Waals surface area contributed by atoms with Crippen LogP contribution in [0, 0.1) is 24.1 Å². The Hall–Kier alpha value is -1.09. The maximum atomic E-state index is 13.8. The van der Waals surface area contributed by atoms with Gasteiger partial charge in [0.05, 0.1) is 6.10 Å². The summed E-state index contributed by atoms with van der Waals surface area (Å²) in [7, 11) is 0. The van der Waals surface area contributed by atoms with Crippen molar-refractivity contribution in [2.24, 2.45) is 11.3 Å². The van der Waals surface area contributed by atoms with E-state index >= 15 is 0 Å². The van der Waals surface area contributed by atoms with Crippen LogP contribution in [0.15, 0.2) is 18.2 Å². The summed E-state index contributed by atoms with van der Waals surface area (Å²) in [5, 5.41) is 10.2. The van der Waals surface area contributed by atoms with Crippen molar-refractivity contribution in [1.82, 2.24) is 0 Å². The van der Waals surface area contributed by atoms with Gasteiger partial charge in [-0.15, -0.1) is 0 Å². The van der Waals surface area contributed by atoms with Gasteiger partial charge < -0.3 is 9.84 Å². The molecule has 1 saturated carbocycles. The summed E-state index contributed by atoms with van der Waals surface area (Å²) in [6.45, 7) is 8.63. The van der Waals surface area contributed by atoms with Crippen molar-refractivity contribution in [2.45, 2.75) is 65.6 Å². The number of halogens is 1. The number of aliphatic hydroxyl groups excluding tert-OH is 1. The minimum absolute atomic E-state index is 0.229. The molecule has 3 heteroatoms. The lowest BCUT2D eigenvalue weighted by atomic mass is 9.68. The Balaban J connectivity index is 2.12. The van der Waals surface area contributed by atoms with Gasteiger partial charge in [0.1, 0.15) is 6.10 Å². The van der Waals surface area contributed by atoms with Crippen molar-refractivity contribution >= 4 is 0 Å². The highest BCUT2D eigenvalue weighted by atomic mass is 19.1. The molecule has 1 aliphatic rings. The number of hydrogen-bond donors (Lipinski definition) is 1. The third kappa shape index (κ3) is 3.76. The molecule has 1 aromatic rings. The summed E-state index contributed by atoms with van der Waals surface area (Å²) < 4.78 is 19.7. The molecule has 2 nitrogen and oxygen atoms in total.